The van der Waals surface area contributed by atoms with Gasteiger partial charge in [-0.1, -0.05) is 18.1 Å². The quantitative estimate of drug-likeness (QED) is 0.626. The molecule has 0 bridgehead atoms. The first-order valence-electron chi connectivity index (χ1n) is 11.2. The molecule has 1 aromatic carbocycles. The molecule has 0 spiro atoms. The van der Waals surface area contributed by atoms with Crippen LogP contribution in [-0.2, 0) is 9.53 Å². The topological polar surface area (TPSA) is 86.3 Å². The molecule has 31 heavy (non-hydrogen) atoms. The van der Waals surface area contributed by atoms with Gasteiger partial charge in [0, 0.05) is 36.4 Å². The lowest BCUT2D eigenvalue weighted by Gasteiger charge is -2.31. The number of amides is 1. The lowest BCUT2D eigenvalue weighted by Crippen LogP contribution is -2.38. The number of nitrogens with zero attached hydrogens (tertiary/aromatic N) is 5. The maximum atomic E-state index is 12.5. The molecule has 1 saturated carbocycles. The van der Waals surface area contributed by atoms with Crippen molar-refractivity contribution in [3.05, 3.63) is 30.2 Å². The lowest BCUT2D eigenvalue weighted by molar-refractivity contribution is -0.133. The Labute approximate surface area is 180 Å². The number of benzene rings is 1. The zero-order chi connectivity index (χ0) is 21.0. The molecule has 8 heteroatoms. The summed E-state index contributed by atoms with van der Waals surface area (Å²) in [5.74, 6) is 1.82. The van der Waals surface area contributed by atoms with Gasteiger partial charge in [-0.25, -0.2) is 0 Å². The number of carbonyl (C=O) groups excluding carboxylic acids is 1. The molecule has 1 amide bonds. The maximum Gasteiger partial charge on any atom is 0.258 e. The summed E-state index contributed by atoms with van der Waals surface area (Å²) in [4.78, 5) is 19.3. The molecule has 0 atom stereocenters. The first-order chi connectivity index (χ1) is 15.1. The highest BCUT2D eigenvalue weighted by molar-refractivity contribution is 5.83. The highest BCUT2D eigenvalue weighted by Crippen LogP contribution is 2.48. The van der Waals surface area contributed by atoms with Gasteiger partial charge in [-0.05, 0) is 43.2 Å². The van der Waals surface area contributed by atoms with Gasteiger partial charge >= 0.3 is 0 Å². The summed E-state index contributed by atoms with van der Waals surface area (Å²) in [6.07, 6.45) is 6.71. The van der Waals surface area contributed by atoms with E-state index in [0.717, 1.165) is 48.2 Å². The number of ether oxygens (including phenoxy) is 1. The van der Waals surface area contributed by atoms with Crippen molar-refractivity contribution in [1.82, 2.24) is 24.8 Å². The second-order valence-electron chi connectivity index (χ2n) is 9.65. The van der Waals surface area contributed by atoms with Gasteiger partial charge < -0.3 is 14.2 Å². The van der Waals surface area contributed by atoms with E-state index in [9.17, 15) is 4.79 Å². The van der Waals surface area contributed by atoms with Crippen molar-refractivity contribution >= 4 is 16.8 Å². The van der Waals surface area contributed by atoms with Gasteiger partial charge in [0.1, 0.15) is 0 Å². The third-order valence-corrected chi connectivity index (χ3v) is 7.15. The van der Waals surface area contributed by atoms with E-state index in [1.807, 2.05) is 27.9 Å². The number of rotatable bonds is 5. The number of hydrogen-bond acceptors (Lipinski definition) is 6. The van der Waals surface area contributed by atoms with Crippen molar-refractivity contribution in [2.75, 3.05) is 26.3 Å². The minimum atomic E-state index is 0.236. The highest BCUT2D eigenvalue weighted by Gasteiger charge is 2.40. The third kappa shape index (κ3) is 3.52. The number of carbonyl (C=O) groups is 1. The van der Waals surface area contributed by atoms with E-state index in [1.54, 1.807) is 0 Å². The summed E-state index contributed by atoms with van der Waals surface area (Å²) in [7, 11) is 0. The first kappa shape index (κ1) is 19.0. The lowest BCUT2D eigenvalue weighted by atomic mass is 9.95. The molecule has 0 N–H and O–H groups in total. The summed E-state index contributed by atoms with van der Waals surface area (Å²) in [6.45, 7) is 5.16. The van der Waals surface area contributed by atoms with Crippen LogP contribution in [-0.4, -0.2) is 57.0 Å². The van der Waals surface area contributed by atoms with Crippen molar-refractivity contribution in [1.29, 1.82) is 0 Å². The molecule has 2 aromatic heterocycles. The number of likely N-dealkylation sites (tertiary alicyclic amines) is 1. The fourth-order valence-electron chi connectivity index (χ4n) is 4.60. The number of aromatic nitrogens is 4. The highest BCUT2D eigenvalue weighted by atomic mass is 16.5. The molecule has 0 radical (unpaired) electrons. The van der Waals surface area contributed by atoms with Crippen molar-refractivity contribution in [2.24, 2.45) is 5.41 Å². The van der Waals surface area contributed by atoms with Crippen molar-refractivity contribution in [3.8, 4) is 11.5 Å². The number of hydrogen-bond donors (Lipinski definition) is 0. The normalized spacial score (nSPS) is 21.4. The maximum absolute atomic E-state index is 12.5. The first-order valence-corrected chi connectivity index (χ1v) is 11.2. The molecule has 2 aliphatic heterocycles. The smallest absolute Gasteiger partial charge is 0.258 e. The predicted octanol–water partition coefficient (Wildman–Crippen LogP) is 3.55. The van der Waals surface area contributed by atoms with Crippen LogP contribution in [0.4, 0.5) is 0 Å². The van der Waals surface area contributed by atoms with Gasteiger partial charge in [0.15, 0.2) is 5.82 Å². The Bertz CT molecular complexity index is 1120. The third-order valence-electron chi connectivity index (χ3n) is 7.15. The van der Waals surface area contributed by atoms with Crippen LogP contribution in [0.3, 0.4) is 0 Å². The average molecular weight is 422 g/mol. The fraction of sp³-hybridized carbons (Fsp3) is 0.565. The molecule has 3 fully saturated rings. The van der Waals surface area contributed by atoms with Crippen LogP contribution in [0.2, 0.25) is 0 Å². The Morgan fingerprint density at radius 3 is 2.74 bits per heavy atom. The van der Waals surface area contributed by atoms with Crippen LogP contribution in [0.25, 0.3) is 22.4 Å². The second kappa shape index (κ2) is 7.15. The van der Waals surface area contributed by atoms with Crippen LogP contribution in [0.1, 0.15) is 56.8 Å². The SMILES string of the molecule is CC1(CC(=O)N2CCC(c3noc(-c4ccc5cnn(C6COC6)c5c4)n3)CC2)CC1. The molecule has 2 saturated heterocycles. The van der Waals surface area contributed by atoms with E-state index < -0.39 is 0 Å². The van der Waals surface area contributed by atoms with Crippen molar-refractivity contribution < 1.29 is 14.1 Å². The Hall–Kier alpha value is -2.74. The molecule has 162 valence electrons. The monoisotopic (exact) mass is 421 g/mol. The van der Waals surface area contributed by atoms with E-state index in [-0.39, 0.29) is 11.3 Å². The van der Waals surface area contributed by atoms with Crippen LogP contribution < -0.4 is 0 Å². The minimum absolute atomic E-state index is 0.236. The largest absolute Gasteiger partial charge is 0.377 e. The van der Waals surface area contributed by atoms with E-state index in [2.05, 4.69) is 23.2 Å². The summed E-state index contributed by atoms with van der Waals surface area (Å²) >= 11 is 0. The Kier molecular flexibility index (Phi) is 4.38. The van der Waals surface area contributed by atoms with Crippen LogP contribution >= 0.6 is 0 Å². The fourth-order valence-corrected chi connectivity index (χ4v) is 4.60. The molecule has 0 unspecified atom stereocenters. The summed E-state index contributed by atoms with van der Waals surface area (Å²) in [6, 6.07) is 6.41. The van der Waals surface area contributed by atoms with Gasteiger partial charge in [-0.15, -0.1) is 0 Å². The van der Waals surface area contributed by atoms with Gasteiger partial charge in [0.25, 0.3) is 5.89 Å². The molecular formula is C23H27N5O3. The van der Waals surface area contributed by atoms with E-state index in [0.29, 0.717) is 37.5 Å². The zero-order valence-corrected chi connectivity index (χ0v) is 17.8. The van der Waals surface area contributed by atoms with Crippen molar-refractivity contribution in [3.63, 3.8) is 0 Å². The van der Waals surface area contributed by atoms with Crippen LogP contribution in [0.5, 0.6) is 0 Å². The second-order valence-corrected chi connectivity index (χ2v) is 9.65. The van der Waals surface area contributed by atoms with Gasteiger partial charge in [0.2, 0.25) is 5.91 Å². The summed E-state index contributed by atoms with van der Waals surface area (Å²) in [5.41, 5.74) is 2.22. The Morgan fingerprint density at radius 2 is 2.03 bits per heavy atom. The van der Waals surface area contributed by atoms with Crippen LogP contribution in [0, 0.1) is 5.41 Å². The Morgan fingerprint density at radius 1 is 1.23 bits per heavy atom. The molecular weight excluding hydrogens is 394 g/mol. The number of piperidine rings is 1. The molecule has 3 aromatic rings. The molecule has 6 rings (SSSR count). The Balaban J connectivity index is 1.15. The van der Waals surface area contributed by atoms with E-state index >= 15 is 0 Å². The summed E-state index contributed by atoms with van der Waals surface area (Å²) < 4.78 is 13.0. The minimum Gasteiger partial charge on any atom is -0.377 e. The van der Waals surface area contributed by atoms with E-state index in [1.165, 1.54) is 12.8 Å². The molecule has 1 aliphatic carbocycles. The van der Waals surface area contributed by atoms with Gasteiger partial charge in [-0.3, -0.25) is 9.48 Å². The van der Waals surface area contributed by atoms with Gasteiger partial charge in [0.05, 0.1) is 31.0 Å². The molecule has 8 nitrogen and oxygen atoms in total. The van der Waals surface area contributed by atoms with Crippen LogP contribution in [0.15, 0.2) is 28.9 Å². The zero-order valence-electron chi connectivity index (χ0n) is 17.8. The average Bonchev–Trinajstić information content (AvgIpc) is 3.15. The predicted molar refractivity (Wildman–Crippen MR) is 113 cm³/mol. The summed E-state index contributed by atoms with van der Waals surface area (Å²) in [5, 5.41) is 9.88. The number of fused-ring (bicyclic) bond motifs is 1. The van der Waals surface area contributed by atoms with Gasteiger partial charge in [-0.2, -0.15) is 10.1 Å². The standard InChI is InChI=1S/C23H27N5O3/c1-23(6-7-23)11-20(29)27-8-4-15(5-9-27)21-25-22(31-26-21)16-2-3-17-12-24-28(19(17)10-16)18-13-30-14-18/h2-3,10,12,15,18H,4-9,11,13-14H2,1H3. The van der Waals surface area contributed by atoms with E-state index in [4.69, 9.17) is 14.2 Å². The molecule has 4 heterocycles. The molecule has 3 aliphatic rings. The van der Waals surface area contributed by atoms with Crippen molar-refractivity contribution in [2.45, 2.75) is 51.0 Å².